The van der Waals surface area contributed by atoms with E-state index in [4.69, 9.17) is 9.15 Å². The van der Waals surface area contributed by atoms with Gasteiger partial charge in [-0.2, -0.15) is 0 Å². The van der Waals surface area contributed by atoms with E-state index >= 15 is 0 Å². The molecule has 4 rings (SSSR count). The monoisotopic (exact) mass is 379 g/mol. The zero-order valence-corrected chi connectivity index (χ0v) is 15.7. The highest BCUT2D eigenvalue weighted by molar-refractivity contribution is 5.87. The van der Waals surface area contributed by atoms with Gasteiger partial charge in [0.2, 0.25) is 0 Å². The van der Waals surface area contributed by atoms with Crippen LogP contribution in [0.5, 0.6) is 0 Å². The Bertz CT molecular complexity index is 1050. The van der Waals surface area contributed by atoms with E-state index in [9.17, 15) is 9.59 Å². The average molecular weight is 379 g/mol. The highest BCUT2D eigenvalue weighted by Crippen LogP contribution is 2.21. The molecule has 1 aliphatic rings. The zero-order chi connectivity index (χ0) is 19.5. The molecule has 0 bridgehead atoms. The molecule has 1 aliphatic heterocycles. The number of nitrogens with zero attached hydrogens (tertiary/aromatic N) is 3. The lowest BCUT2D eigenvalue weighted by atomic mass is 10.1. The summed E-state index contributed by atoms with van der Waals surface area (Å²) in [6, 6.07) is 10.4. The molecular formula is C21H21N3O4. The first kappa shape index (κ1) is 18.2. The maximum Gasteiger partial charge on any atom is 0.359 e. The van der Waals surface area contributed by atoms with E-state index in [1.807, 2.05) is 25.1 Å². The van der Waals surface area contributed by atoms with Crippen molar-refractivity contribution in [3.8, 4) is 0 Å². The molecule has 7 heteroatoms. The molecule has 0 amide bonds. The Morgan fingerprint density at radius 3 is 2.68 bits per heavy atom. The van der Waals surface area contributed by atoms with Crippen LogP contribution in [-0.4, -0.2) is 29.3 Å². The molecular weight excluding hydrogens is 358 g/mol. The molecule has 0 spiro atoms. The van der Waals surface area contributed by atoms with Gasteiger partial charge in [0, 0.05) is 30.1 Å². The van der Waals surface area contributed by atoms with Gasteiger partial charge in [-0.15, -0.1) is 10.2 Å². The van der Waals surface area contributed by atoms with Crippen LogP contribution in [0.3, 0.4) is 0 Å². The zero-order valence-electron chi connectivity index (χ0n) is 15.7. The molecule has 0 N–H and O–H groups in total. The molecule has 3 aromatic rings. The number of aryl methyl sites for hydroxylation is 1. The average Bonchev–Trinajstić information content (AvgIpc) is 3.26. The Balaban J connectivity index is 1.49. The third-order valence-corrected chi connectivity index (χ3v) is 4.95. The van der Waals surface area contributed by atoms with Crippen LogP contribution in [0.4, 0.5) is 5.82 Å². The largest absolute Gasteiger partial charge is 0.456 e. The quantitative estimate of drug-likeness (QED) is 0.497. The van der Waals surface area contributed by atoms with Crippen molar-refractivity contribution in [1.29, 1.82) is 0 Å². The Kier molecular flexibility index (Phi) is 5.06. The number of carbonyl (C=O) groups excluding carboxylic acids is 1. The first-order valence-electron chi connectivity index (χ1n) is 9.45. The van der Waals surface area contributed by atoms with E-state index in [-0.39, 0.29) is 12.3 Å². The summed E-state index contributed by atoms with van der Waals surface area (Å²) >= 11 is 0. The molecule has 0 unspecified atom stereocenters. The highest BCUT2D eigenvalue weighted by atomic mass is 16.5. The van der Waals surface area contributed by atoms with Crippen molar-refractivity contribution < 1.29 is 13.9 Å². The Hall–Kier alpha value is -3.22. The second-order valence-corrected chi connectivity index (χ2v) is 6.82. The summed E-state index contributed by atoms with van der Waals surface area (Å²) in [7, 11) is 0. The van der Waals surface area contributed by atoms with Crippen LogP contribution in [0.2, 0.25) is 0 Å². The molecule has 1 saturated heterocycles. The van der Waals surface area contributed by atoms with E-state index < -0.39 is 11.6 Å². The summed E-state index contributed by atoms with van der Waals surface area (Å²) in [4.78, 5) is 26.3. The first-order valence-corrected chi connectivity index (χ1v) is 9.45. The van der Waals surface area contributed by atoms with Gasteiger partial charge in [0.25, 0.3) is 0 Å². The van der Waals surface area contributed by atoms with Gasteiger partial charge in [0.05, 0.1) is 0 Å². The minimum absolute atomic E-state index is 0.0397. The van der Waals surface area contributed by atoms with E-state index in [2.05, 4.69) is 15.1 Å². The summed E-state index contributed by atoms with van der Waals surface area (Å²) in [6.07, 6.45) is 3.12. The van der Waals surface area contributed by atoms with Crippen LogP contribution in [-0.2, 0) is 17.8 Å². The molecule has 0 aliphatic carbocycles. The van der Waals surface area contributed by atoms with Crippen LogP contribution in [0.15, 0.2) is 45.6 Å². The van der Waals surface area contributed by atoms with E-state index in [0.717, 1.165) is 49.1 Å². The van der Waals surface area contributed by atoms with Crippen molar-refractivity contribution in [1.82, 2.24) is 10.2 Å². The first-order chi connectivity index (χ1) is 13.6. The molecule has 0 saturated carbocycles. The van der Waals surface area contributed by atoms with Crippen molar-refractivity contribution >= 4 is 22.8 Å². The molecule has 0 radical (unpaired) electrons. The van der Waals surface area contributed by atoms with Crippen molar-refractivity contribution in [2.45, 2.75) is 32.8 Å². The molecule has 1 aromatic carbocycles. The normalized spacial score (nSPS) is 13.8. The third kappa shape index (κ3) is 3.74. The van der Waals surface area contributed by atoms with Gasteiger partial charge in [-0.1, -0.05) is 19.1 Å². The summed E-state index contributed by atoms with van der Waals surface area (Å²) in [5, 5.41) is 8.87. The van der Waals surface area contributed by atoms with Crippen LogP contribution < -0.4 is 10.5 Å². The molecule has 144 valence electrons. The lowest BCUT2D eigenvalue weighted by molar-refractivity contribution is 0.0465. The number of carbonyl (C=O) groups is 1. The van der Waals surface area contributed by atoms with E-state index in [1.54, 1.807) is 12.1 Å². The Labute approximate surface area is 161 Å². The van der Waals surface area contributed by atoms with Crippen molar-refractivity contribution in [3.05, 3.63) is 63.6 Å². The lowest BCUT2D eigenvalue weighted by Crippen LogP contribution is -2.20. The van der Waals surface area contributed by atoms with Crippen molar-refractivity contribution in [3.63, 3.8) is 0 Å². The van der Waals surface area contributed by atoms with Gasteiger partial charge < -0.3 is 14.1 Å². The van der Waals surface area contributed by atoms with Crippen LogP contribution >= 0.6 is 0 Å². The van der Waals surface area contributed by atoms with Gasteiger partial charge >= 0.3 is 11.6 Å². The minimum Gasteiger partial charge on any atom is -0.456 e. The molecule has 28 heavy (non-hydrogen) atoms. The fourth-order valence-corrected chi connectivity index (χ4v) is 3.38. The van der Waals surface area contributed by atoms with E-state index in [1.165, 1.54) is 6.07 Å². The van der Waals surface area contributed by atoms with Gasteiger partial charge in [-0.3, -0.25) is 0 Å². The van der Waals surface area contributed by atoms with Gasteiger partial charge in [0.15, 0.2) is 11.5 Å². The number of benzene rings is 1. The summed E-state index contributed by atoms with van der Waals surface area (Å²) in [5.41, 5.74) is 1.83. The third-order valence-electron chi connectivity index (χ3n) is 4.95. The van der Waals surface area contributed by atoms with Crippen LogP contribution in [0.1, 0.15) is 41.4 Å². The van der Waals surface area contributed by atoms with Gasteiger partial charge in [-0.25, -0.2) is 9.59 Å². The van der Waals surface area contributed by atoms with Crippen LogP contribution in [0, 0.1) is 0 Å². The number of rotatable bonds is 5. The number of fused-ring (bicyclic) bond motifs is 1. The number of anilines is 1. The van der Waals surface area contributed by atoms with Crippen molar-refractivity contribution in [2.24, 2.45) is 0 Å². The summed E-state index contributed by atoms with van der Waals surface area (Å²) in [5.74, 6) is 0.194. The predicted molar refractivity (Wildman–Crippen MR) is 104 cm³/mol. The fraction of sp³-hybridized carbons (Fsp3) is 0.333. The standard InChI is InChI=1S/C21H21N3O4/c1-2-14-5-6-16-15(12-20(25)28-18(16)11-14)13-27-21(26)17-7-8-19(23-22-17)24-9-3-4-10-24/h5-8,11-12H,2-4,9-10,13H2,1H3. The van der Waals surface area contributed by atoms with E-state index in [0.29, 0.717) is 11.1 Å². The minimum atomic E-state index is -0.577. The molecule has 2 aromatic heterocycles. The SMILES string of the molecule is CCc1ccc2c(COC(=O)c3ccc(N4CCCC4)nn3)cc(=O)oc2c1. The smallest absolute Gasteiger partial charge is 0.359 e. The Morgan fingerprint density at radius 1 is 1.14 bits per heavy atom. The van der Waals surface area contributed by atoms with Crippen LogP contribution in [0.25, 0.3) is 11.0 Å². The van der Waals surface area contributed by atoms with Crippen molar-refractivity contribution in [2.75, 3.05) is 18.0 Å². The topological polar surface area (TPSA) is 85.5 Å². The van der Waals surface area contributed by atoms with Gasteiger partial charge in [0.1, 0.15) is 12.2 Å². The highest BCUT2D eigenvalue weighted by Gasteiger charge is 2.16. The number of aromatic nitrogens is 2. The predicted octanol–water partition coefficient (Wildman–Crippen LogP) is 3.10. The molecule has 0 atom stereocenters. The summed E-state index contributed by atoms with van der Waals surface area (Å²) in [6.45, 7) is 3.91. The van der Waals surface area contributed by atoms with Gasteiger partial charge in [-0.05, 0) is 43.0 Å². The fourth-order valence-electron chi connectivity index (χ4n) is 3.38. The molecule has 1 fully saturated rings. The maximum absolute atomic E-state index is 12.3. The number of esters is 1. The summed E-state index contributed by atoms with van der Waals surface area (Å²) < 4.78 is 10.6. The number of hydrogen-bond acceptors (Lipinski definition) is 7. The second-order valence-electron chi connectivity index (χ2n) is 6.82. The Morgan fingerprint density at radius 2 is 1.96 bits per heavy atom. The molecule has 7 nitrogen and oxygen atoms in total. The maximum atomic E-state index is 12.3. The second kappa shape index (κ2) is 7.80. The lowest BCUT2D eigenvalue weighted by Gasteiger charge is -2.15. The number of ether oxygens (including phenoxy) is 1. The number of hydrogen-bond donors (Lipinski definition) is 0. The molecule has 3 heterocycles.